The zero-order chi connectivity index (χ0) is 14.0. The summed E-state index contributed by atoms with van der Waals surface area (Å²) in [6.07, 6.45) is 1.93. The number of anilines is 1. The maximum Gasteiger partial charge on any atom is 0.146 e. The van der Waals surface area contributed by atoms with Gasteiger partial charge in [0.15, 0.2) is 0 Å². The topological polar surface area (TPSA) is 47.1 Å². The van der Waals surface area contributed by atoms with Gasteiger partial charge in [0.25, 0.3) is 0 Å². The minimum absolute atomic E-state index is 0.0920. The normalized spacial score (nSPS) is 12.5. The molecule has 2 N–H and O–H groups in total. The summed E-state index contributed by atoms with van der Waals surface area (Å²) in [7, 11) is 3.72. The van der Waals surface area contributed by atoms with E-state index in [9.17, 15) is 4.39 Å². The second-order valence-electron chi connectivity index (χ2n) is 4.66. The van der Waals surface area contributed by atoms with Gasteiger partial charge in [-0.2, -0.15) is 5.10 Å². The minimum atomic E-state index is -0.245. The molecule has 0 amide bonds. The summed E-state index contributed by atoms with van der Waals surface area (Å²) in [6, 6.07) is 6.61. The van der Waals surface area contributed by atoms with Crippen molar-refractivity contribution in [1.82, 2.24) is 9.78 Å². The molecule has 2 aromatic rings. The van der Waals surface area contributed by atoms with E-state index in [1.54, 1.807) is 16.8 Å². The summed E-state index contributed by atoms with van der Waals surface area (Å²) >= 11 is 0. The Hall–Kier alpha value is -1.88. The van der Waals surface area contributed by atoms with Crippen molar-refractivity contribution in [3.63, 3.8) is 0 Å². The lowest BCUT2D eigenvalue weighted by Crippen LogP contribution is -2.31. The van der Waals surface area contributed by atoms with Gasteiger partial charge in [0, 0.05) is 32.4 Å². The molecule has 1 aromatic heterocycles. The van der Waals surface area contributed by atoms with Crippen LogP contribution in [0.4, 0.5) is 10.1 Å². The van der Waals surface area contributed by atoms with Crippen LogP contribution in [0, 0.1) is 12.7 Å². The van der Waals surface area contributed by atoms with Crippen LogP contribution in [-0.4, -0.2) is 23.4 Å². The number of hydrogen-bond acceptors (Lipinski definition) is 3. The van der Waals surface area contributed by atoms with Gasteiger partial charge in [-0.1, -0.05) is 12.1 Å². The van der Waals surface area contributed by atoms with Crippen molar-refractivity contribution in [3.05, 3.63) is 47.5 Å². The van der Waals surface area contributed by atoms with Gasteiger partial charge in [0.1, 0.15) is 5.82 Å². The molecule has 4 nitrogen and oxygen atoms in total. The van der Waals surface area contributed by atoms with E-state index >= 15 is 0 Å². The van der Waals surface area contributed by atoms with E-state index in [0.29, 0.717) is 12.2 Å². The lowest BCUT2D eigenvalue weighted by molar-refractivity contribution is 0.602. The van der Waals surface area contributed by atoms with E-state index < -0.39 is 0 Å². The van der Waals surface area contributed by atoms with Gasteiger partial charge in [0.05, 0.1) is 17.4 Å². The lowest BCUT2D eigenvalue weighted by atomic mass is 10.1. The third kappa shape index (κ3) is 2.61. The van der Waals surface area contributed by atoms with Gasteiger partial charge in [-0.05, 0) is 19.1 Å². The third-order valence-corrected chi connectivity index (χ3v) is 3.33. The Morgan fingerprint density at radius 3 is 2.63 bits per heavy atom. The number of nitrogens with two attached hydrogens (primary N) is 1. The molecule has 0 fully saturated rings. The Kier molecular flexibility index (Phi) is 3.85. The summed E-state index contributed by atoms with van der Waals surface area (Å²) in [5, 5.41) is 4.32. The molecule has 0 spiro atoms. The van der Waals surface area contributed by atoms with Gasteiger partial charge in [-0.15, -0.1) is 0 Å². The molecule has 1 atom stereocenters. The molecule has 0 aliphatic carbocycles. The van der Waals surface area contributed by atoms with Crippen molar-refractivity contribution in [3.8, 4) is 0 Å². The smallest absolute Gasteiger partial charge is 0.146 e. The Labute approximate surface area is 112 Å². The standard InChI is InChI=1S/C14H19FN4/c1-10-11(9-18(2)17-10)14(8-16)19(3)13-7-5-4-6-12(13)15/h4-7,9,14H,8,16H2,1-3H3. The zero-order valence-corrected chi connectivity index (χ0v) is 11.5. The van der Waals surface area contributed by atoms with Gasteiger partial charge >= 0.3 is 0 Å². The molecule has 0 saturated carbocycles. The van der Waals surface area contributed by atoms with E-state index in [1.165, 1.54) is 6.07 Å². The molecule has 0 bridgehead atoms. The largest absolute Gasteiger partial charge is 0.364 e. The van der Waals surface area contributed by atoms with Gasteiger partial charge < -0.3 is 10.6 Å². The summed E-state index contributed by atoms with van der Waals surface area (Å²) in [5.74, 6) is -0.245. The highest BCUT2D eigenvalue weighted by Gasteiger charge is 2.21. The van der Waals surface area contributed by atoms with Crippen molar-refractivity contribution >= 4 is 5.69 Å². The molecule has 1 heterocycles. The Balaban J connectivity index is 2.37. The van der Waals surface area contributed by atoms with Crippen molar-refractivity contribution in [2.75, 3.05) is 18.5 Å². The first-order valence-corrected chi connectivity index (χ1v) is 6.22. The van der Waals surface area contributed by atoms with Crippen LogP contribution in [0.2, 0.25) is 0 Å². The fourth-order valence-corrected chi connectivity index (χ4v) is 2.34. The SMILES string of the molecule is Cc1nn(C)cc1C(CN)N(C)c1ccccc1F. The number of benzene rings is 1. The maximum atomic E-state index is 13.9. The van der Waals surface area contributed by atoms with E-state index in [2.05, 4.69) is 5.10 Å². The van der Waals surface area contributed by atoms with Gasteiger partial charge in [-0.3, -0.25) is 4.68 Å². The number of halogens is 1. The van der Waals surface area contributed by atoms with Crippen LogP contribution in [0.15, 0.2) is 30.5 Å². The number of aromatic nitrogens is 2. The lowest BCUT2D eigenvalue weighted by Gasteiger charge is -2.29. The fraction of sp³-hybridized carbons (Fsp3) is 0.357. The molecule has 0 aliphatic heterocycles. The number of nitrogens with zero attached hydrogens (tertiary/aromatic N) is 3. The van der Waals surface area contributed by atoms with Crippen molar-refractivity contribution in [2.45, 2.75) is 13.0 Å². The van der Waals surface area contributed by atoms with Crippen LogP contribution in [0.5, 0.6) is 0 Å². The van der Waals surface area contributed by atoms with Crippen LogP contribution in [-0.2, 0) is 7.05 Å². The first kappa shape index (κ1) is 13.5. The molecule has 0 aliphatic rings. The zero-order valence-electron chi connectivity index (χ0n) is 11.5. The molecule has 102 valence electrons. The number of hydrogen-bond donors (Lipinski definition) is 1. The summed E-state index contributed by atoms with van der Waals surface area (Å²) < 4.78 is 15.6. The van der Waals surface area contributed by atoms with Crippen molar-refractivity contribution in [1.29, 1.82) is 0 Å². The van der Waals surface area contributed by atoms with Crippen LogP contribution < -0.4 is 10.6 Å². The maximum absolute atomic E-state index is 13.9. The van der Waals surface area contributed by atoms with Gasteiger partial charge in [-0.25, -0.2) is 4.39 Å². The first-order chi connectivity index (χ1) is 9.04. The predicted molar refractivity (Wildman–Crippen MR) is 74.5 cm³/mol. The third-order valence-electron chi connectivity index (χ3n) is 3.33. The van der Waals surface area contributed by atoms with Crippen molar-refractivity contribution in [2.24, 2.45) is 12.8 Å². The van der Waals surface area contributed by atoms with Crippen LogP contribution in [0.25, 0.3) is 0 Å². The Bertz CT molecular complexity index is 564. The van der Waals surface area contributed by atoms with Crippen LogP contribution in [0.1, 0.15) is 17.3 Å². The van der Waals surface area contributed by atoms with Gasteiger partial charge in [0.2, 0.25) is 0 Å². The summed E-state index contributed by atoms with van der Waals surface area (Å²) in [5.41, 5.74) is 8.35. The molecule has 0 saturated heterocycles. The Morgan fingerprint density at radius 2 is 2.11 bits per heavy atom. The average Bonchev–Trinajstić information content (AvgIpc) is 2.70. The quantitative estimate of drug-likeness (QED) is 0.916. The monoisotopic (exact) mass is 262 g/mol. The molecule has 1 unspecified atom stereocenters. The minimum Gasteiger partial charge on any atom is -0.364 e. The molecule has 0 radical (unpaired) electrons. The number of likely N-dealkylation sites (N-methyl/N-ethyl adjacent to an activating group) is 1. The summed E-state index contributed by atoms with van der Waals surface area (Å²) in [4.78, 5) is 1.86. The highest BCUT2D eigenvalue weighted by molar-refractivity contribution is 5.49. The molecule has 2 rings (SSSR count). The number of rotatable bonds is 4. The van der Waals surface area contributed by atoms with E-state index in [-0.39, 0.29) is 11.9 Å². The Morgan fingerprint density at radius 1 is 1.42 bits per heavy atom. The first-order valence-electron chi connectivity index (χ1n) is 6.22. The number of aryl methyl sites for hydroxylation is 2. The highest BCUT2D eigenvalue weighted by atomic mass is 19.1. The highest BCUT2D eigenvalue weighted by Crippen LogP contribution is 2.28. The summed E-state index contributed by atoms with van der Waals surface area (Å²) in [6.45, 7) is 2.34. The number of para-hydroxylation sites is 1. The molecule has 5 heteroatoms. The van der Waals surface area contributed by atoms with E-state index in [0.717, 1.165) is 11.3 Å². The van der Waals surface area contributed by atoms with Crippen LogP contribution >= 0.6 is 0 Å². The van der Waals surface area contributed by atoms with Crippen molar-refractivity contribution < 1.29 is 4.39 Å². The van der Waals surface area contributed by atoms with E-state index in [1.807, 2.05) is 38.2 Å². The molecule has 19 heavy (non-hydrogen) atoms. The fourth-order valence-electron chi connectivity index (χ4n) is 2.34. The van der Waals surface area contributed by atoms with Crippen LogP contribution in [0.3, 0.4) is 0 Å². The second kappa shape index (κ2) is 5.40. The predicted octanol–water partition coefficient (Wildman–Crippen LogP) is 2.00. The molecule has 1 aromatic carbocycles. The second-order valence-corrected chi connectivity index (χ2v) is 4.66. The molecular formula is C14H19FN4. The molecular weight excluding hydrogens is 243 g/mol. The average molecular weight is 262 g/mol. The van der Waals surface area contributed by atoms with E-state index in [4.69, 9.17) is 5.73 Å².